The van der Waals surface area contributed by atoms with Gasteiger partial charge in [0.2, 0.25) is 5.88 Å². The Morgan fingerprint density at radius 1 is 1.23 bits per heavy atom. The Labute approximate surface area is 175 Å². The molecule has 2 heterocycles. The fraction of sp³-hybridized carbons (Fsp3) is 0.273. The smallest absolute Gasteiger partial charge is 0.283 e. The van der Waals surface area contributed by atoms with Crippen LogP contribution in [0.1, 0.15) is 36.3 Å². The van der Waals surface area contributed by atoms with Crippen molar-refractivity contribution in [3.05, 3.63) is 59.8 Å². The van der Waals surface area contributed by atoms with Gasteiger partial charge in [-0.3, -0.25) is 4.79 Å². The predicted molar refractivity (Wildman–Crippen MR) is 112 cm³/mol. The van der Waals surface area contributed by atoms with Crippen molar-refractivity contribution in [2.24, 2.45) is 0 Å². The number of fused-ring (bicyclic) bond motifs is 2. The number of hydrogen-bond acceptors (Lipinski definition) is 6. The van der Waals surface area contributed by atoms with E-state index in [1.54, 1.807) is 12.1 Å². The number of benzene rings is 2. The molecular weight excluding hydrogens is 404 g/mol. The van der Waals surface area contributed by atoms with Crippen molar-refractivity contribution in [2.45, 2.75) is 37.7 Å². The van der Waals surface area contributed by atoms with E-state index in [2.05, 4.69) is 9.71 Å². The predicted octanol–water partition coefficient (Wildman–Crippen LogP) is 3.47. The van der Waals surface area contributed by atoms with E-state index in [-0.39, 0.29) is 16.7 Å². The number of carbonyl (C=O) groups is 1. The zero-order valence-corrected chi connectivity index (χ0v) is 17.5. The lowest BCUT2D eigenvalue weighted by molar-refractivity contribution is 0.0975. The van der Waals surface area contributed by atoms with Crippen LogP contribution >= 0.6 is 0 Å². The second kappa shape index (κ2) is 7.95. The van der Waals surface area contributed by atoms with E-state index >= 15 is 0 Å². The van der Waals surface area contributed by atoms with Crippen molar-refractivity contribution in [2.75, 3.05) is 6.61 Å². The number of pyridine rings is 1. The maximum absolute atomic E-state index is 12.8. The molecule has 1 amide bonds. The average Bonchev–Trinajstić information content (AvgIpc) is 3.10. The van der Waals surface area contributed by atoms with Crippen molar-refractivity contribution in [1.82, 2.24) is 9.71 Å². The van der Waals surface area contributed by atoms with Crippen LogP contribution in [0.4, 0.5) is 0 Å². The molecule has 30 heavy (non-hydrogen) atoms. The zero-order valence-electron chi connectivity index (χ0n) is 16.7. The first-order valence-corrected chi connectivity index (χ1v) is 11.2. The molecule has 3 aromatic rings. The van der Waals surface area contributed by atoms with Gasteiger partial charge >= 0.3 is 0 Å². The number of sulfonamides is 1. The average molecular weight is 426 g/mol. The molecule has 4 rings (SSSR count). The maximum atomic E-state index is 12.8. The van der Waals surface area contributed by atoms with Crippen LogP contribution in [0.25, 0.3) is 10.8 Å². The summed E-state index contributed by atoms with van der Waals surface area (Å²) >= 11 is 0. The molecule has 2 aromatic carbocycles. The molecule has 0 spiro atoms. The third-order valence-corrected chi connectivity index (χ3v) is 6.11. The van der Waals surface area contributed by atoms with E-state index in [1.165, 1.54) is 12.1 Å². The van der Waals surface area contributed by atoms with E-state index < -0.39 is 15.9 Å². The molecule has 0 aliphatic carbocycles. The van der Waals surface area contributed by atoms with E-state index in [0.29, 0.717) is 24.7 Å². The molecule has 1 aromatic heterocycles. The van der Waals surface area contributed by atoms with Crippen LogP contribution < -0.4 is 14.2 Å². The van der Waals surface area contributed by atoms with Gasteiger partial charge in [0.1, 0.15) is 17.5 Å². The summed E-state index contributed by atoms with van der Waals surface area (Å²) in [6.45, 7) is 4.32. The van der Waals surface area contributed by atoms with Gasteiger partial charge in [-0.1, -0.05) is 25.1 Å². The van der Waals surface area contributed by atoms with Gasteiger partial charge in [-0.15, -0.1) is 0 Å². The Hall–Kier alpha value is -3.13. The van der Waals surface area contributed by atoms with Crippen molar-refractivity contribution in [3.8, 4) is 11.6 Å². The number of nitrogens with one attached hydrogen (secondary N) is 1. The van der Waals surface area contributed by atoms with Crippen LogP contribution in [0.15, 0.2) is 53.4 Å². The lowest BCUT2D eigenvalue weighted by Crippen LogP contribution is -2.31. The van der Waals surface area contributed by atoms with Gasteiger partial charge in [-0.05, 0) is 54.6 Å². The van der Waals surface area contributed by atoms with Crippen molar-refractivity contribution < 1.29 is 22.7 Å². The van der Waals surface area contributed by atoms with E-state index in [1.807, 2.05) is 38.1 Å². The Morgan fingerprint density at radius 2 is 2.03 bits per heavy atom. The Morgan fingerprint density at radius 3 is 2.83 bits per heavy atom. The highest BCUT2D eigenvalue weighted by Gasteiger charge is 2.25. The van der Waals surface area contributed by atoms with E-state index in [0.717, 1.165) is 22.8 Å². The molecule has 1 aliphatic heterocycles. The summed E-state index contributed by atoms with van der Waals surface area (Å²) < 4.78 is 39.0. The first kappa shape index (κ1) is 20.2. The van der Waals surface area contributed by atoms with Gasteiger partial charge in [-0.25, -0.2) is 18.1 Å². The Balaban J connectivity index is 1.63. The first-order chi connectivity index (χ1) is 14.4. The van der Waals surface area contributed by atoms with Crippen LogP contribution in [0.5, 0.6) is 11.6 Å². The third kappa shape index (κ3) is 3.95. The van der Waals surface area contributed by atoms with Crippen LogP contribution in [0, 0.1) is 0 Å². The standard InChI is InChI=1S/C22H22N2O5S/c1-3-10-28-22-18-7-5-4-6-15(18)13-19(23-22)21(25)24-30(26,27)17-8-9-20-16(12-17)11-14(2)29-20/h4-9,12-14H,3,10-11H2,1-2H3,(H,24,25). The molecule has 0 saturated carbocycles. The lowest BCUT2D eigenvalue weighted by Gasteiger charge is -2.11. The van der Waals surface area contributed by atoms with Crippen LogP contribution in [-0.4, -0.2) is 32.0 Å². The SMILES string of the molecule is CCCOc1nc(C(=O)NS(=O)(=O)c2ccc3c(c2)CC(C)O3)cc2ccccc12. The largest absolute Gasteiger partial charge is 0.490 e. The summed E-state index contributed by atoms with van der Waals surface area (Å²) in [6.07, 6.45) is 1.40. The summed E-state index contributed by atoms with van der Waals surface area (Å²) in [5.74, 6) is 0.162. The fourth-order valence-electron chi connectivity index (χ4n) is 3.39. The molecule has 8 heteroatoms. The van der Waals surface area contributed by atoms with Gasteiger partial charge in [0, 0.05) is 11.8 Å². The van der Waals surface area contributed by atoms with Crippen LogP contribution in [-0.2, 0) is 16.4 Å². The maximum Gasteiger partial charge on any atom is 0.283 e. The second-order valence-electron chi connectivity index (χ2n) is 7.22. The number of nitrogens with zero attached hydrogens (tertiary/aromatic N) is 1. The molecule has 7 nitrogen and oxygen atoms in total. The topological polar surface area (TPSA) is 94.6 Å². The van der Waals surface area contributed by atoms with Gasteiger partial charge in [0.15, 0.2) is 0 Å². The van der Waals surface area contributed by atoms with Crippen molar-refractivity contribution in [3.63, 3.8) is 0 Å². The van der Waals surface area contributed by atoms with Gasteiger partial charge in [0.25, 0.3) is 15.9 Å². The summed E-state index contributed by atoms with van der Waals surface area (Å²) in [4.78, 5) is 17.0. The lowest BCUT2D eigenvalue weighted by atomic mass is 10.1. The zero-order chi connectivity index (χ0) is 21.3. The second-order valence-corrected chi connectivity index (χ2v) is 8.90. The molecule has 1 unspecified atom stereocenters. The molecule has 0 radical (unpaired) electrons. The summed E-state index contributed by atoms with van der Waals surface area (Å²) in [5.41, 5.74) is 0.776. The minimum Gasteiger partial charge on any atom is -0.490 e. The van der Waals surface area contributed by atoms with E-state index in [9.17, 15) is 13.2 Å². The highest BCUT2D eigenvalue weighted by molar-refractivity contribution is 7.90. The Bertz CT molecular complexity index is 1220. The quantitative estimate of drug-likeness (QED) is 0.649. The first-order valence-electron chi connectivity index (χ1n) is 9.76. The minimum atomic E-state index is -4.07. The summed E-state index contributed by atoms with van der Waals surface area (Å²) in [5, 5.41) is 1.50. The van der Waals surface area contributed by atoms with E-state index in [4.69, 9.17) is 9.47 Å². The molecule has 0 bridgehead atoms. The number of ether oxygens (including phenoxy) is 2. The molecule has 0 fully saturated rings. The minimum absolute atomic E-state index is 0.00381. The van der Waals surface area contributed by atoms with Crippen LogP contribution in [0.3, 0.4) is 0 Å². The molecule has 156 valence electrons. The van der Waals surface area contributed by atoms with Gasteiger partial charge in [-0.2, -0.15) is 0 Å². The molecule has 1 aliphatic rings. The monoisotopic (exact) mass is 426 g/mol. The Kier molecular flexibility index (Phi) is 5.34. The number of amides is 1. The van der Waals surface area contributed by atoms with Crippen LogP contribution in [0.2, 0.25) is 0 Å². The highest BCUT2D eigenvalue weighted by Crippen LogP contribution is 2.31. The molecule has 0 saturated heterocycles. The van der Waals surface area contributed by atoms with Crippen molar-refractivity contribution >= 4 is 26.7 Å². The number of aromatic nitrogens is 1. The molecule has 1 N–H and O–H groups in total. The molecule has 1 atom stereocenters. The molecular formula is C22H22N2O5S. The number of carbonyl (C=O) groups excluding carboxylic acids is 1. The number of hydrogen-bond donors (Lipinski definition) is 1. The summed E-state index contributed by atoms with van der Waals surface area (Å²) in [7, 11) is -4.07. The third-order valence-electron chi connectivity index (χ3n) is 4.79. The summed E-state index contributed by atoms with van der Waals surface area (Å²) in [6, 6.07) is 13.5. The fourth-order valence-corrected chi connectivity index (χ4v) is 4.40. The van der Waals surface area contributed by atoms with Gasteiger partial charge < -0.3 is 9.47 Å². The van der Waals surface area contributed by atoms with Gasteiger partial charge in [0.05, 0.1) is 11.5 Å². The normalized spacial score (nSPS) is 15.5. The number of rotatable bonds is 6. The highest BCUT2D eigenvalue weighted by atomic mass is 32.2. The van der Waals surface area contributed by atoms with Crippen molar-refractivity contribution in [1.29, 1.82) is 0 Å².